The van der Waals surface area contributed by atoms with Gasteiger partial charge in [0.1, 0.15) is 0 Å². The molecule has 1 heterocycles. The summed E-state index contributed by atoms with van der Waals surface area (Å²) in [6.45, 7) is 1.64. The molecule has 0 spiro atoms. The summed E-state index contributed by atoms with van der Waals surface area (Å²) in [5.41, 5.74) is 1.98. The highest BCUT2D eigenvalue weighted by Crippen LogP contribution is 2.19. The number of nitrogens with zero attached hydrogens (tertiary/aromatic N) is 2. The number of anilines is 1. The number of hydrogen-bond acceptors (Lipinski definition) is 5. The van der Waals surface area contributed by atoms with E-state index in [1.165, 1.54) is 10.9 Å². The Hall–Kier alpha value is -3.00. The van der Waals surface area contributed by atoms with Crippen LogP contribution in [-0.2, 0) is 20.9 Å². The molecule has 0 aliphatic rings. The summed E-state index contributed by atoms with van der Waals surface area (Å²) < 4.78 is 7.28. The first kappa shape index (κ1) is 19.8. The topological polar surface area (TPSA) is 90.3 Å². The Morgan fingerprint density at radius 2 is 2.00 bits per heavy atom. The summed E-state index contributed by atoms with van der Waals surface area (Å²) in [7, 11) is 0. The Balaban J connectivity index is 1.50. The number of nitrogens with one attached hydrogen (secondary N) is 1. The summed E-state index contributed by atoms with van der Waals surface area (Å²) in [5, 5.41) is 3.15. The van der Waals surface area contributed by atoms with Crippen molar-refractivity contribution in [3.63, 3.8) is 0 Å². The van der Waals surface area contributed by atoms with Crippen molar-refractivity contribution in [2.45, 2.75) is 19.9 Å². The number of ether oxygens (including phenoxy) is 1. The van der Waals surface area contributed by atoms with Gasteiger partial charge >= 0.3 is 5.97 Å². The van der Waals surface area contributed by atoms with Crippen molar-refractivity contribution in [3.05, 3.63) is 69.2 Å². The Bertz CT molecular complexity index is 1090. The number of aromatic nitrogens is 2. The van der Waals surface area contributed by atoms with Crippen LogP contribution in [0.25, 0.3) is 10.9 Å². The van der Waals surface area contributed by atoms with E-state index < -0.39 is 18.5 Å². The fraction of sp³-hybridized carbons (Fsp3) is 0.200. The van der Waals surface area contributed by atoms with Gasteiger partial charge in [-0.05, 0) is 42.8 Å². The fourth-order valence-electron chi connectivity index (χ4n) is 2.61. The van der Waals surface area contributed by atoms with Crippen LogP contribution < -0.4 is 10.9 Å². The van der Waals surface area contributed by atoms with Crippen LogP contribution in [-0.4, -0.2) is 28.0 Å². The van der Waals surface area contributed by atoms with Crippen LogP contribution in [0.1, 0.15) is 12.0 Å². The molecule has 0 aliphatic carbocycles. The van der Waals surface area contributed by atoms with Crippen LogP contribution >= 0.6 is 15.9 Å². The van der Waals surface area contributed by atoms with Gasteiger partial charge in [0.2, 0.25) is 0 Å². The van der Waals surface area contributed by atoms with Crippen molar-refractivity contribution in [2.75, 3.05) is 11.9 Å². The van der Waals surface area contributed by atoms with E-state index in [0.29, 0.717) is 16.6 Å². The predicted molar refractivity (Wildman–Crippen MR) is 109 cm³/mol. The molecule has 0 atom stereocenters. The van der Waals surface area contributed by atoms with Crippen molar-refractivity contribution < 1.29 is 14.3 Å². The van der Waals surface area contributed by atoms with Gasteiger partial charge in [0, 0.05) is 16.7 Å². The smallest absolute Gasteiger partial charge is 0.308 e. The van der Waals surface area contributed by atoms with Crippen LogP contribution in [0.5, 0.6) is 0 Å². The molecular formula is C20H18BrN3O4. The van der Waals surface area contributed by atoms with Crippen LogP contribution in [0, 0.1) is 6.92 Å². The third-order valence-electron chi connectivity index (χ3n) is 4.09. The van der Waals surface area contributed by atoms with Gasteiger partial charge in [-0.2, -0.15) is 0 Å². The lowest BCUT2D eigenvalue weighted by atomic mass is 10.2. The van der Waals surface area contributed by atoms with Crippen molar-refractivity contribution in [2.24, 2.45) is 0 Å². The molecule has 0 saturated carbocycles. The standard InChI is InChI=1S/C20H18BrN3O4/c1-13-10-14(6-7-16(13)21)23-18(25)11-28-19(26)8-9-24-12-22-17-5-3-2-4-15(17)20(24)27/h2-7,10,12H,8-9,11H2,1H3,(H,23,25). The molecule has 144 valence electrons. The maximum atomic E-state index is 12.4. The van der Waals surface area contributed by atoms with E-state index in [1.54, 1.807) is 30.3 Å². The Morgan fingerprint density at radius 3 is 2.79 bits per heavy atom. The molecule has 1 amide bonds. The van der Waals surface area contributed by atoms with Crippen molar-refractivity contribution >= 4 is 44.4 Å². The molecule has 0 saturated heterocycles. The summed E-state index contributed by atoms with van der Waals surface area (Å²) in [5.74, 6) is -0.998. The highest BCUT2D eigenvalue weighted by Gasteiger charge is 2.10. The van der Waals surface area contributed by atoms with Crippen LogP contribution in [0.4, 0.5) is 5.69 Å². The van der Waals surface area contributed by atoms with Crippen LogP contribution in [0.3, 0.4) is 0 Å². The zero-order valence-corrected chi connectivity index (χ0v) is 16.7. The maximum Gasteiger partial charge on any atom is 0.308 e. The minimum Gasteiger partial charge on any atom is -0.456 e. The van der Waals surface area contributed by atoms with Gasteiger partial charge in [-0.15, -0.1) is 0 Å². The third kappa shape index (κ3) is 4.83. The Labute approximate surface area is 169 Å². The number of fused-ring (bicyclic) bond motifs is 1. The lowest BCUT2D eigenvalue weighted by Crippen LogP contribution is -2.24. The van der Waals surface area contributed by atoms with Crippen LogP contribution in [0.2, 0.25) is 0 Å². The first-order valence-electron chi connectivity index (χ1n) is 8.60. The summed E-state index contributed by atoms with van der Waals surface area (Å²) in [6, 6.07) is 12.4. The molecule has 3 rings (SSSR count). The number of halogens is 1. The Kier molecular flexibility index (Phi) is 6.20. The van der Waals surface area contributed by atoms with E-state index in [2.05, 4.69) is 26.2 Å². The normalized spacial score (nSPS) is 10.6. The van der Waals surface area contributed by atoms with E-state index in [1.807, 2.05) is 19.1 Å². The van der Waals surface area contributed by atoms with Gasteiger partial charge in [-0.3, -0.25) is 19.0 Å². The summed E-state index contributed by atoms with van der Waals surface area (Å²) in [6.07, 6.45) is 1.37. The lowest BCUT2D eigenvalue weighted by Gasteiger charge is -2.09. The van der Waals surface area contributed by atoms with Gasteiger partial charge in [-0.1, -0.05) is 28.1 Å². The minimum absolute atomic E-state index is 0.0371. The summed E-state index contributed by atoms with van der Waals surface area (Å²) >= 11 is 3.39. The molecule has 28 heavy (non-hydrogen) atoms. The number of carbonyl (C=O) groups is 2. The van der Waals surface area contributed by atoms with Gasteiger partial charge in [0.25, 0.3) is 11.5 Å². The Morgan fingerprint density at radius 1 is 1.21 bits per heavy atom. The lowest BCUT2D eigenvalue weighted by molar-refractivity contribution is -0.147. The molecule has 8 heteroatoms. The molecule has 0 radical (unpaired) electrons. The number of esters is 1. The maximum absolute atomic E-state index is 12.4. The zero-order valence-electron chi connectivity index (χ0n) is 15.1. The first-order valence-corrected chi connectivity index (χ1v) is 9.39. The van der Waals surface area contributed by atoms with E-state index in [-0.39, 0.29) is 18.5 Å². The second kappa shape index (κ2) is 8.79. The van der Waals surface area contributed by atoms with Gasteiger partial charge in [0.15, 0.2) is 6.61 Å². The third-order valence-corrected chi connectivity index (χ3v) is 4.98. The van der Waals surface area contributed by atoms with E-state index >= 15 is 0 Å². The fourth-order valence-corrected chi connectivity index (χ4v) is 2.86. The summed E-state index contributed by atoms with van der Waals surface area (Å²) in [4.78, 5) is 40.4. The molecule has 0 unspecified atom stereocenters. The van der Waals surface area contributed by atoms with Crippen molar-refractivity contribution in [3.8, 4) is 0 Å². The number of amides is 1. The number of rotatable bonds is 6. The van der Waals surface area contributed by atoms with E-state index in [9.17, 15) is 14.4 Å². The van der Waals surface area contributed by atoms with Crippen molar-refractivity contribution in [1.29, 1.82) is 0 Å². The first-order chi connectivity index (χ1) is 13.4. The van der Waals surface area contributed by atoms with Gasteiger partial charge < -0.3 is 10.1 Å². The molecular weight excluding hydrogens is 426 g/mol. The second-order valence-electron chi connectivity index (χ2n) is 6.18. The van der Waals surface area contributed by atoms with Gasteiger partial charge in [-0.25, -0.2) is 4.98 Å². The number of aryl methyl sites for hydroxylation is 2. The molecule has 0 bridgehead atoms. The number of hydrogen-bond donors (Lipinski definition) is 1. The quantitative estimate of drug-likeness (QED) is 0.591. The molecule has 3 aromatic rings. The number of carbonyl (C=O) groups excluding carboxylic acids is 2. The molecule has 1 N–H and O–H groups in total. The predicted octanol–water partition coefficient (Wildman–Crippen LogP) is 3.04. The molecule has 0 fully saturated rings. The molecule has 1 aromatic heterocycles. The largest absolute Gasteiger partial charge is 0.456 e. The number of benzene rings is 2. The average molecular weight is 444 g/mol. The van der Waals surface area contributed by atoms with Crippen LogP contribution in [0.15, 0.2) is 58.1 Å². The van der Waals surface area contributed by atoms with E-state index in [0.717, 1.165) is 10.0 Å². The zero-order chi connectivity index (χ0) is 20.1. The highest BCUT2D eigenvalue weighted by atomic mass is 79.9. The molecule has 2 aromatic carbocycles. The monoisotopic (exact) mass is 443 g/mol. The van der Waals surface area contributed by atoms with Crippen molar-refractivity contribution in [1.82, 2.24) is 9.55 Å². The SMILES string of the molecule is Cc1cc(NC(=O)COC(=O)CCn2cnc3ccccc3c2=O)ccc1Br. The average Bonchev–Trinajstić information content (AvgIpc) is 2.69. The highest BCUT2D eigenvalue weighted by molar-refractivity contribution is 9.10. The van der Waals surface area contributed by atoms with E-state index in [4.69, 9.17) is 4.74 Å². The van der Waals surface area contributed by atoms with Gasteiger partial charge in [0.05, 0.1) is 23.7 Å². The minimum atomic E-state index is -0.567. The molecule has 0 aliphatic heterocycles. The number of para-hydroxylation sites is 1. The second-order valence-corrected chi connectivity index (χ2v) is 7.04. The molecule has 7 nitrogen and oxygen atoms in total.